The van der Waals surface area contributed by atoms with Gasteiger partial charge >= 0.3 is 11.0 Å². The highest BCUT2D eigenvalue weighted by Crippen LogP contribution is 2.43. The molecule has 3 rings (SSSR count). The Kier molecular flexibility index (Phi) is 7.24. The van der Waals surface area contributed by atoms with E-state index in [-0.39, 0.29) is 33.3 Å². The fourth-order valence-electron chi connectivity index (χ4n) is 3.02. The smallest absolute Gasteiger partial charge is 0.446 e. The van der Waals surface area contributed by atoms with Gasteiger partial charge in [0, 0.05) is 20.9 Å². The molecule has 0 saturated heterocycles. The van der Waals surface area contributed by atoms with Gasteiger partial charge in [0.15, 0.2) is 0 Å². The van der Waals surface area contributed by atoms with Gasteiger partial charge in [-0.2, -0.15) is 26.3 Å². The van der Waals surface area contributed by atoms with Crippen LogP contribution >= 0.6 is 23.5 Å². The van der Waals surface area contributed by atoms with E-state index in [2.05, 4.69) is 0 Å². The van der Waals surface area contributed by atoms with Crippen LogP contribution in [0.25, 0.3) is 22.3 Å². The van der Waals surface area contributed by atoms with Crippen LogP contribution in [0.15, 0.2) is 70.5 Å². The molecule has 0 aliphatic rings. The molecule has 0 heterocycles. The van der Waals surface area contributed by atoms with Crippen LogP contribution in [-0.4, -0.2) is 25.2 Å². The first-order chi connectivity index (χ1) is 15.0. The van der Waals surface area contributed by atoms with E-state index in [0.29, 0.717) is 33.8 Å². The molecule has 0 radical (unpaired) electrons. The van der Waals surface area contributed by atoms with Crippen molar-refractivity contribution in [2.45, 2.75) is 20.8 Å². The number of thioether (sulfide) groups is 2. The van der Waals surface area contributed by atoms with Crippen LogP contribution in [-0.2, 0) is 0 Å². The zero-order valence-electron chi connectivity index (χ0n) is 16.7. The van der Waals surface area contributed by atoms with Crippen molar-refractivity contribution in [2.24, 2.45) is 0 Å². The second-order valence-electron chi connectivity index (χ2n) is 6.40. The van der Waals surface area contributed by atoms with E-state index in [9.17, 15) is 26.3 Å². The number of hydrogen-bond donors (Lipinski definition) is 0. The highest BCUT2D eigenvalue weighted by Gasteiger charge is 2.30. The normalized spacial score (nSPS) is 12.0. The van der Waals surface area contributed by atoms with Crippen LogP contribution in [0.2, 0.25) is 0 Å². The SMILES string of the molecule is COc1cc(-c2ccc(SC(F)(F)F)cc2)c(OC)cc1-c1ccc(SC(F)(F)F)cc1. The molecule has 32 heavy (non-hydrogen) atoms. The highest BCUT2D eigenvalue weighted by atomic mass is 32.2. The third-order valence-corrected chi connectivity index (χ3v) is 5.80. The fraction of sp³-hybridized carbons (Fsp3) is 0.182. The maximum absolute atomic E-state index is 12.6. The zero-order valence-corrected chi connectivity index (χ0v) is 18.3. The first-order valence-corrected chi connectivity index (χ1v) is 10.6. The molecule has 2 nitrogen and oxygen atoms in total. The Hall–Kier alpha value is -2.46. The first-order valence-electron chi connectivity index (χ1n) is 8.97. The summed E-state index contributed by atoms with van der Waals surface area (Å²) in [6, 6.07) is 15.0. The molecule has 0 amide bonds. The maximum atomic E-state index is 12.6. The lowest BCUT2D eigenvalue weighted by Gasteiger charge is -2.16. The maximum Gasteiger partial charge on any atom is 0.446 e. The Labute approximate surface area is 188 Å². The van der Waals surface area contributed by atoms with Crippen molar-refractivity contribution in [3.63, 3.8) is 0 Å². The molecule has 0 spiro atoms. The van der Waals surface area contributed by atoms with E-state index < -0.39 is 11.0 Å². The van der Waals surface area contributed by atoms with Gasteiger partial charge in [-0.15, -0.1) is 0 Å². The van der Waals surface area contributed by atoms with E-state index >= 15 is 0 Å². The van der Waals surface area contributed by atoms with Gasteiger partial charge in [0.25, 0.3) is 0 Å². The van der Waals surface area contributed by atoms with Gasteiger partial charge in [-0.05, 0) is 71.0 Å². The van der Waals surface area contributed by atoms with Gasteiger partial charge in [-0.3, -0.25) is 0 Å². The summed E-state index contributed by atoms with van der Waals surface area (Å²) >= 11 is -0.403. The van der Waals surface area contributed by atoms with Crippen molar-refractivity contribution in [1.29, 1.82) is 0 Å². The van der Waals surface area contributed by atoms with E-state index in [1.165, 1.54) is 38.5 Å². The Morgan fingerprint density at radius 2 is 0.875 bits per heavy atom. The van der Waals surface area contributed by atoms with Crippen molar-refractivity contribution in [3.8, 4) is 33.8 Å². The molecular weight excluding hydrogens is 474 g/mol. The summed E-state index contributed by atoms with van der Waals surface area (Å²) in [5, 5.41) is 0. The molecule has 0 atom stereocenters. The molecule has 10 heteroatoms. The second kappa shape index (κ2) is 9.58. The molecule has 0 saturated carbocycles. The predicted molar refractivity (Wildman–Crippen MR) is 114 cm³/mol. The Morgan fingerprint density at radius 1 is 0.562 bits per heavy atom. The first kappa shape index (κ1) is 24.2. The van der Waals surface area contributed by atoms with Crippen LogP contribution in [0.1, 0.15) is 0 Å². The summed E-state index contributed by atoms with van der Waals surface area (Å²) in [6.45, 7) is 0. The lowest BCUT2D eigenvalue weighted by atomic mass is 9.98. The fourth-order valence-corrected chi connectivity index (χ4v) is 4.10. The van der Waals surface area contributed by atoms with Crippen molar-refractivity contribution < 1.29 is 35.8 Å². The summed E-state index contributed by atoms with van der Waals surface area (Å²) in [7, 11) is 2.90. The number of halogens is 6. The molecule has 0 aliphatic heterocycles. The third-order valence-electron chi connectivity index (χ3n) is 4.32. The largest absolute Gasteiger partial charge is 0.496 e. The zero-order chi connectivity index (χ0) is 23.5. The molecule has 0 fully saturated rings. The Bertz CT molecular complexity index is 975. The molecular formula is C22H16F6O2S2. The van der Waals surface area contributed by atoms with E-state index in [1.54, 1.807) is 36.4 Å². The van der Waals surface area contributed by atoms with Crippen LogP contribution in [0.3, 0.4) is 0 Å². The number of hydrogen-bond acceptors (Lipinski definition) is 4. The lowest BCUT2D eigenvalue weighted by Crippen LogP contribution is -1.99. The Balaban J connectivity index is 1.96. The summed E-state index contributed by atoms with van der Waals surface area (Å²) in [4.78, 5) is 0.112. The minimum atomic E-state index is -4.38. The molecule has 3 aromatic carbocycles. The summed E-state index contributed by atoms with van der Waals surface area (Å²) < 4.78 is 86.3. The minimum Gasteiger partial charge on any atom is -0.496 e. The number of methoxy groups -OCH3 is 2. The van der Waals surface area contributed by atoms with Crippen molar-refractivity contribution in [3.05, 3.63) is 60.7 Å². The topological polar surface area (TPSA) is 18.5 Å². The van der Waals surface area contributed by atoms with E-state index in [1.807, 2.05) is 0 Å². The van der Waals surface area contributed by atoms with Gasteiger partial charge in [0.1, 0.15) is 11.5 Å². The summed E-state index contributed by atoms with van der Waals surface area (Å²) in [6.07, 6.45) is 0. The van der Waals surface area contributed by atoms with Crippen molar-refractivity contribution in [2.75, 3.05) is 14.2 Å². The molecule has 0 unspecified atom stereocenters. The molecule has 3 aromatic rings. The Morgan fingerprint density at radius 3 is 1.12 bits per heavy atom. The third kappa shape index (κ3) is 6.29. The van der Waals surface area contributed by atoms with Gasteiger partial charge in [-0.25, -0.2) is 0 Å². The second-order valence-corrected chi connectivity index (χ2v) is 8.67. The molecule has 170 valence electrons. The van der Waals surface area contributed by atoms with E-state index in [0.717, 1.165) is 0 Å². The van der Waals surface area contributed by atoms with Gasteiger partial charge in [-0.1, -0.05) is 24.3 Å². The van der Waals surface area contributed by atoms with E-state index in [4.69, 9.17) is 9.47 Å². The predicted octanol–water partition coefficient (Wildman–Crippen LogP) is 8.26. The van der Waals surface area contributed by atoms with Crippen LogP contribution in [0, 0.1) is 0 Å². The summed E-state index contributed by atoms with van der Waals surface area (Å²) in [5.74, 6) is 0.872. The number of benzene rings is 3. The summed E-state index contributed by atoms with van der Waals surface area (Å²) in [5.41, 5.74) is -6.32. The van der Waals surface area contributed by atoms with Gasteiger partial charge in [0.2, 0.25) is 0 Å². The lowest BCUT2D eigenvalue weighted by molar-refractivity contribution is -0.0337. The average Bonchev–Trinajstić information content (AvgIpc) is 2.72. The van der Waals surface area contributed by atoms with Crippen molar-refractivity contribution >= 4 is 23.5 Å². The molecule has 0 bridgehead atoms. The quantitative estimate of drug-likeness (QED) is 0.256. The highest BCUT2D eigenvalue weighted by molar-refractivity contribution is 8.00. The molecule has 0 aliphatic carbocycles. The average molecular weight is 490 g/mol. The number of alkyl halides is 6. The number of ether oxygens (including phenoxy) is 2. The monoisotopic (exact) mass is 490 g/mol. The van der Waals surface area contributed by atoms with Crippen LogP contribution in [0.5, 0.6) is 11.5 Å². The van der Waals surface area contributed by atoms with Gasteiger partial charge in [0.05, 0.1) is 14.2 Å². The van der Waals surface area contributed by atoms with Crippen molar-refractivity contribution in [1.82, 2.24) is 0 Å². The minimum absolute atomic E-state index is 0.0561. The molecule has 0 N–H and O–H groups in total. The number of rotatable bonds is 6. The molecule has 0 aromatic heterocycles. The standard InChI is InChI=1S/C22H16F6O2S2/c1-29-19-11-18(14-5-9-16(10-6-14)32-22(26,27)28)20(30-2)12-17(19)13-3-7-15(8-4-13)31-21(23,24)25/h3-12H,1-2H3. The van der Waals surface area contributed by atoms with Crippen LogP contribution < -0.4 is 9.47 Å². The van der Waals surface area contributed by atoms with Gasteiger partial charge < -0.3 is 9.47 Å². The van der Waals surface area contributed by atoms with Crippen LogP contribution in [0.4, 0.5) is 26.3 Å².